The molecule has 1 saturated carbocycles. The average molecular weight is 818 g/mol. The standard InChI is InChI=1S/C45H71NO12/c1-9-12-32-20-27(3)19-26(2)14-17-38(55-7)41-39(56-8)22-29(5)45(54,58-41)42(51)43(52)46-18-11-10-13-34(46)44(53)57-40(30(6)36(49)24-37(32)50)28(4)21-31-15-16-35(48)33(23-31)25-47/h9,20-21,26,29-36,38-41,47-49,54H,1,10-19,22-25H2,2-8H3/b27-20+,28-21+. The summed E-state index contributed by atoms with van der Waals surface area (Å²) >= 11 is 0. The molecule has 2 bridgehead atoms. The zero-order chi connectivity index (χ0) is 42.9. The van der Waals surface area contributed by atoms with Crippen LogP contribution in [0.3, 0.4) is 0 Å². The molecule has 4 aliphatic rings. The molecule has 328 valence electrons. The van der Waals surface area contributed by atoms with Crippen molar-refractivity contribution in [3.8, 4) is 0 Å². The lowest BCUT2D eigenvalue weighted by Crippen LogP contribution is -2.64. The van der Waals surface area contributed by atoms with E-state index in [1.807, 2.05) is 19.1 Å². The van der Waals surface area contributed by atoms with Crippen LogP contribution in [0.15, 0.2) is 36.0 Å². The van der Waals surface area contributed by atoms with Gasteiger partial charge in [-0.2, -0.15) is 0 Å². The van der Waals surface area contributed by atoms with E-state index >= 15 is 0 Å². The quantitative estimate of drug-likeness (QED) is 0.159. The highest BCUT2D eigenvalue weighted by molar-refractivity contribution is 6.39. The lowest BCUT2D eigenvalue weighted by atomic mass is 9.78. The third-order valence-corrected chi connectivity index (χ3v) is 13.3. The molecule has 4 rings (SSSR count). The molecule has 0 aromatic heterocycles. The molecule has 0 aromatic carbocycles. The average Bonchev–Trinajstić information content (AvgIpc) is 3.20. The van der Waals surface area contributed by atoms with Gasteiger partial charge in [0.15, 0.2) is 0 Å². The van der Waals surface area contributed by atoms with E-state index < -0.39 is 83.9 Å². The molecule has 0 spiro atoms. The highest BCUT2D eigenvalue weighted by atomic mass is 16.7. The minimum atomic E-state index is -2.51. The van der Waals surface area contributed by atoms with Crippen molar-refractivity contribution < 1.29 is 58.6 Å². The van der Waals surface area contributed by atoms with E-state index in [2.05, 4.69) is 13.5 Å². The van der Waals surface area contributed by atoms with Crippen molar-refractivity contribution >= 4 is 23.4 Å². The number of amides is 1. The third kappa shape index (κ3) is 11.5. The van der Waals surface area contributed by atoms with Crippen molar-refractivity contribution in [1.82, 2.24) is 4.90 Å². The van der Waals surface area contributed by atoms with Crippen LogP contribution in [0.4, 0.5) is 0 Å². The number of aliphatic hydroxyl groups excluding tert-OH is 3. The first-order chi connectivity index (χ1) is 27.5. The molecule has 1 aliphatic carbocycles. The van der Waals surface area contributed by atoms with Gasteiger partial charge in [0.05, 0.1) is 24.4 Å². The summed E-state index contributed by atoms with van der Waals surface area (Å²) in [6.45, 7) is 13.0. The van der Waals surface area contributed by atoms with Crippen LogP contribution in [0, 0.1) is 35.5 Å². The zero-order valence-corrected chi connectivity index (χ0v) is 35.8. The Balaban J connectivity index is 1.76. The number of methoxy groups -OCH3 is 2. The smallest absolute Gasteiger partial charge is 0.329 e. The lowest BCUT2D eigenvalue weighted by Gasteiger charge is -2.46. The summed E-state index contributed by atoms with van der Waals surface area (Å²) in [7, 11) is 3.06. The fourth-order valence-electron chi connectivity index (χ4n) is 9.63. The number of allylic oxidation sites excluding steroid dienone is 4. The molecular formula is C45H71NO12. The fourth-order valence-corrected chi connectivity index (χ4v) is 9.63. The van der Waals surface area contributed by atoms with Crippen molar-refractivity contribution in [3.63, 3.8) is 0 Å². The maximum Gasteiger partial charge on any atom is 0.329 e. The van der Waals surface area contributed by atoms with Gasteiger partial charge in [0.25, 0.3) is 11.7 Å². The number of rotatable bonds is 7. The van der Waals surface area contributed by atoms with Crippen molar-refractivity contribution in [3.05, 3.63) is 36.0 Å². The number of cyclic esters (lactones) is 1. The number of hydrogen-bond acceptors (Lipinski definition) is 12. The summed E-state index contributed by atoms with van der Waals surface area (Å²) in [5.74, 6) is -7.97. The molecule has 14 atom stereocenters. The number of nitrogens with zero attached hydrogens (tertiary/aromatic N) is 1. The molecule has 3 heterocycles. The SMILES string of the molecule is C=CCC1/C=C(\C)CC(C)CCC(OC)C2OC(O)(C(=O)C(=O)N3CCCCC3C(=O)OC(/C(C)=C/C3CCC(O)C(CO)C3)C(C)C(O)CC1=O)C(C)CC2OC. The van der Waals surface area contributed by atoms with E-state index in [9.17, 15) is 39.6 Å². The number of Topliss-reactive ketones (excluding diaryl/α,β-unsaturated/α-hetero) is 2. The molecule has 2 saturated heterocycles. The third-order valence-electron chi connectivity index (χ3n) is 13.3. The van der Waals surface area contributed by atoms with Gasteiger partial charge in [0.1, 0.15) is 24.0 Å². The molecule has 0 radical (unpaired) electrons. The zero-order valence-electron chi connectivity index (χ0n) is 35.8. The topological polar surface area (TPSA) is 189 Å². The van der Waals surface area contributed by atoms with Crippen LogP contribution in [-0.2, 0) is 38.1 Å². The van der Waals surface area contributed by atoms with Gasteiger partial charge in [-0.25, -0.2) is 4.79 Å². The molecule has 1 amide bonds. The minimum Gasteiger partial charge on any atom is -0.456 e. The van der Waals surface area contributed by atoms with Crippen molar-refractivity contribution in [1.29, 1.82) is 0 Å². The first kappa shape index (κ1) is 47.9. The van der Waals surface area contributed by atoms with Gasteiger partial charge in [0, 0.05) is 57.5 Å². The molecule has 3 aliphatic heterocycles. The van der Waals surface area contributed by atoms with Gasteiger partial charge in [-0.1, -0.05) is 44.6 Å². The van der Waals surface area contributed by atoms with Crippen molar-refractivity contribution in [2.75, 3.05) is 27.4 Å². The Kier molecular flexibility index (Phi) is 17.9. The molecule has 58 heavy (non-hydrogen) atoms. The predicted molar refractivity (Wildman–Crippen MR) is 217 cm³/mol. The highest BCUT2D eigenvalue weighted by Gasteiger charge is 2.56. The molecule has 13 heteroatoms. The molecule has 4 N–H and O–H groups in total. The van der Waals surface area contributed by atoms with E-state index in [-0.39, 0.29) is 56.0 Å². The molecule has 14 unspecified atom stereocenters. The number of hydrogen-bond donors (Lipinski definition) is 4. The predicted octanol–water partition coefficient (Wildman–Crippen LogP) is 4.62. The van der Waals surface area contributed by atoms with Crippen LogP contribution in [0.25, 0.3) is 0 Å². The van der Waals surface area contributed by atoms with Crippen LogP contribution < -0.4 is 0 Å². The second kappa shape index (κ2) is 21.7. The number of carbonyl (C=O) groups excluding carboxylic acids is 4. The molecule has 0 aromatic rings. The van der Waals surface area contributed by atoms with Gasteiger partial charge in [-0.05, 0) is 102 Å². The van der Waals surface area contributed by atoms with Gasteiger partial charge in [-0.3, -0.25) is 14.4 Å². The minimum absolute atomic E-state index is 0.0464. The highest BCUT2D eigenvalue weighted by Crippen LogP contribution is 2.39. The lowest BCUT2D eigenvalue weighted by molar-refractivity contribution is -0.302. The largest absolute Gasteiger partial charge is 0.456 e. The summed E-state index contributed by atoms with van der Waals surface area (Å²) in [5.41, 5.74) is 1.63. The summed E-state index contributed by atoms with van der Waals surface area (Å²) < 4.78 is 24.2. The van der Waals surface area contributed by atoms with E-state index in [0.717, 1.165) is 5.57 Å². The molecule has 13 nitrogen and oxygen atoms in total. The summed E-state index contributed by atoms with van der Waals surface area (Å²) in [4.78, 5) is 57.8. The Morgan fingerprint density at radius 1 is 0.966 bits per heavy atom. The van der Waals surface area contributed by atoms with Crippen LogP contribution in [0.2, 0.25) is 0 Å². The maximum atomic E-state index is 14.3. The van der Waals surface area contributed by atoms with Crippen LogP contribution >= 0.6 is 0 Å². The van der Waals surface area contributed by atoms with Crippen molar-refractivity contribution in [2.24, 2.45) is 35.5 Å². The van der Waals surface area contributed by atoms with Crippen molar-refractivity contribution in [2.45, 2.75) is 160 Å². The first-order valence-corrected chi connectivity index (χ1v) is 21.5. The number of ether oxygens (including phenoxy) is 4. The Hall–Kier alpha value is -2.78. The van der Waals surface area contributed by atoms with Gasteiger partial charge in [-0.15, -0.1) is 6.58 Å². The van der Waals surface area contributed by atoms with Gasteiger partial charge in [0.2, 0.25) is 5.79 Å². The number of piperidine rings is 1. The number of fused-ring (bicyclic) bond motifs is 3. The van der Waals surface area contributed by atoms with Crippen LogP contribution in [0.1, 0.15) is 112 Å². The number of ketones is 2. The van der Waals surface area contributed by atoms with Gasteiger partial charge >= 0.3 is 5.97 Å². The Labute approximate surface area is 345 Å². The van der Waals surface area contributed by atoms with E-state index in [4.69, 9.17) is 18.9 Å². The van der Waals surface area contributed by atoms with E-state index in [1.165, 1.54) is 19.1 Å². The number of aliphatic hydroxyl groups is 4. The summed E-state index contributed by atoms with van der Waals surface area (Å²) in [6.07, 6.45) is 6.00. The van der Waals surface area contributed by atoms with Crippen LogP contribution in [-0.4, -0.2) is 125 Å². The monoisotopic (exact) mass is 817 g/mol. The Morgan fingerprint density at radius 2 is 1.67 bits per heavy atom. The fraction of sp³-hybridized carbons (Fsp3) is 0.778. The van der Waals surface area contributed by atoms with Crippen LogP contribution in [0.5, 0.6) is 0 Å². The number of carbonyl (C=O) groups is 4. The maximum absolute atomic E-state index is 14.3. The normalized spacial score (nSPS) is 40.7. The second-order valence-corrected chi connectivity index (χ2v) is 17.8. The first-order valence-electron chi connectivity index (χ1n) is 21.5. The summed E-state index contributed by atoms with van der Waals surface area (Å²) in [6, 6.07) is -1.16. The molecular weight excluding hydrogens is 746 g/mol. The van der Waals surface area contributed by atoms with E-state index in [1.54, 1.807) is 26.8 Å². The Morgan fingerprint density at radius 3 is 2.33 bits per heavy atom. The Bertz CT molecular complexity index is 1500. The number of esters is 1. The molecule has 3 fully saturated rings. The van der Waals surface area contributed by atoms with E-state index in [0.29, 0.717) is 63.4 Å². The second-order valence-electron chi connectivity index (χ2n) is 17.8. The van der Waals surface area contributed by atoms with Gasteiger partial charge < -0.3 is 44.3 Å². The summed E-state index contributed by atoms with van der Waals surface area (Å²) in [5, 5.41) is 44.0.